The van der Waals surface area contributed by atoms with Gasteiger partial charge in [0.25, 0.3) is 0 Å². The molecule has 13 heavy (non-hydrogen) atoms. The monoisotopic (exact) mass is 185 g/mol. The normalized spacial score (nSPS) is 11.7. The van der Waals surface area contributed by atoms with Crippen molar-refractivity contribution in [1.29, 1.82) is 0 Å². The molecule has 0 atom stereocenters. The molecule has 0 aliphatic rings. The van der Waals surface area contributed by atoms with Crippen LogP contribution in [0.1, 0.15) is 59.3 Å². The van der Waals surface area contributed by atoms with E-state index < -0.39 is 5.54 Å². The third-order valence-corrected chi connectivity index (χ3v) is 2.23. The van der Waals surface area contributed by atoms with Gasteiger partial charge in [0.05, 0.1) is 5.54 Å². The average molecular weight is 185 g/mol. The molecule has 0 radical (unpaired) electrons. The van der Waals surface area contributed by atoms with E-state index in [1.165, 1.54) is 19.3 Å². The molecule has 0 saturated carbocycles. The molecule has 0 fully saturated rings. The molecule has 0 amide bonds. The van der Waals surface area contributed by atoms with Gasteiger partial charge in [-0.3, -0.25) is 4.79 Å². The van der Waals surface area contributed by atoms with E-state index in [4.69, 9.17) is 5.73 Å². The van der Waals surface area contributed by atoms with E-state index in [2.05, 4.69) is 6.92 Å². The van der Waals surface area contributed by atoms with Crippen LogP contribution in [0.25, 0.3) is 0 Å². The second-order valence-corrected chi connectivity index (χ2v) is 4.31. The molecule has 0 bridgehead atoms. The van der Waals surface area contributed by atoms with Gasteiger partial charge in [-0.15, -0.1) is 0 Å². The fourth-order valence-electron chi connectivity index (χ4n) is 1.21. The van der Waals surface area contributed by atoms with Crippen molar-refractivity contribution in [1.82, 2.24) is 0 Å². The average Bonchev–Trinajstić information content (AvgIpc) is 2.02. The second-order valence-electron chi connectivity index (χ2n) is 4.31. The minimum atomic E-state index is -0.634. The summed E-state index contributed by atoms with van der Waals surface area (Å²) in [6, 6.07) is 0. The SMILES string of the molecule is CCCCCCCC(=O)C(C)(C)N. The number of ketones is 1. The standard InChI is InChI=1S/C11H23NO/c1-4-5-6-7-8-9-10(13)11(2,3)12/h4-9,12H2,1-3H3. The zero-order valence-corrected chi connectivity index (χ0v) is 9.23. The zero-order valence-electron chi connectivity index (χ0n) is 9.23. The Morgan fingerprint density at radius 3 is 2.15 bits per heavy atom. The lowest BCUT2D eigenvalue weighted by molar-refractivity contribution is -0.123. The van der Waals surface area contributed by atoms with E-state index in [1.807, 2.05) is 0 Å². The molecule has 78 valence electrons. The van der Waals surface area contributed by atoms with Crippen molar-refractivity contribution in [2.75, 3.05) is 0 Å². The first kappa shape index (κ1) is 12.6. The number of carbonyl (C=O) groups excluding carboxylic acids is 1. The summed E-state index contributed by atoms with van der Waals surface area (Å²) >= 11 is 0. The van der Waals surface area contributed by atoms with Crippen LogP contribution in [0.15, 0.2) is 0 Å². The Bertz CT molecular complexity index is 147. The Morgan fingerprint density at radius 2 is 1.69 bits per heavy atom. The lowest BCUT2D eigenvalue weighted by Crippen LogP contribution is -2.41. The highest BCUT2D eigenvalue weighted by molar-refractivity contribution is 5.87. The fourth-order valence-corrected chi connectivity index (χ4v) is 1.21. The molecule has 0 unspecified atom stereocenters. The zero-order chi connectivity index (χ0) is 10.3. The summed E-state index contributed by atoms with van der Waals surface area (Å²) in [6.07, 6.45) is 6.58. The minimum Gasteiger partial charge on any atom is -0.319 e. The first-order chi connectivity index (χ1) is 5.98. The van der Waals surface area contributed by atoms with Gasteiger partial charge in [0.2, 0.25) is 0 Å². The van der Waals surface area contributed by atoms with Crippen molar-refractivity contribution in [2.24, 2.45) is 5.73 Å². The highest BCUT2D eigenvalue weighted by Gasteiger charge is 2.20. The summed E-state index contributed by atoms with van der Waals surface area (Å²) in [5.74, 6) is 0.184. The van der Waals surface area contributed by atoms with Gasteiger partial charge in [-0.1, -0.05) is 32.6 Å². The molecule has 0 aliphatic heterocycles. The highest BCUT2D eigenvalue weighted by Crippen LogP contribution is 2.09. The minimum absolute atomic E-state index is 0.184. The molecule has 0 aromatic rings. The highest BCUT2D eigenvalue weighted by atomic mass is 16.1. The second kappa shape index (κ2) is 6.14. The van der Waals surface area contributed by atoms with E-state index in [0.29, 0.717) is 6.42 Å². The Hall–Kier alpha value is -0.370. The van der Waals surface area contributed by atoms with E-state index in [9.17, 15) is 4.79 Å². The van der Waals surface area contributed by atoms with Crippen LogP contribution in [0, 0.1) is 0 Å². The van der Waals surface area contributed by atoms with Crippen LogP contribution in [-0.2, 0) is 4.79 Å². The number of Topliss-reactive ketones (excluding diaryl/α,β-unsaturated/α-hetero) is 1. The van der Waals surface area contributed by atoms with Gasteiger partial charge in [0.1, 0.15) is 0 Å². The molecule has 0 heterocycles. The summed E-state index contributed by atoms with van der Waals surface area (Å²) in [5, 5.41) is 0. The summed E-state index contributed by atoms with van der Waals surface area (Å²) in [4.78, 5) is 11.4. The number of hydrogen-bond acceptors (Lipinski definition) is 2. The van der Waals surface area contributed by atoms with Crippen molar-refractivity contribution in [3.63, 3.8) is 0 Å². The maximum Gasteiger partial charge on any atom is 0.152 e. The molecule has 0 rings (SSSR count). The number of nitrogens with two attached hydrogens (primary N) is 1. The third-order valence-electron chi connectivity index (χ3n) is 2.23. The summed E-state index contributed by atoms with van der Waals surface area (Å²) in [6.45, 7) is 5.75. The number of hydrogen-bond donors (Lipinski definition) is 1. The lowest BCUT2D eigenvalue weighted by Gasteiger charge is -2.16. The number of carbonyl (C=O) groups is 1. The molecule has 0 aliphatic carbocycles. The lowest BCUT2D eigenvalue weighted by atomic mass is 9.96. The van der Waals surface area contributed by atoms with Gasteiger partial charge >= 0.3 is 0 Å². The molecule has 0 aromatic carbocycles. The van der Waals surface area contributed by atoms with Crippen molar-refractivity contribution in [3.8, 4) is 0 Å². The summed E-state index contributed by atoms with van der Waals surface area (Å²) < 4.78 is 0. The van der Waals surface area contributed by atoms with Crippen LogP contribution in [0.5, 0.6) is 0 Å². The van der Waals surface area contributed by atoms with Crippen LogP contribution < -0.4 is 5.73 Å². The van der Waals surface area contributed by atoms with Crippen LogP contribution in [0.3, 0.4) is 0 Å². The van der Waals surface area contributed by atoms with Crippen molar-refractivity contribution >= 4 is 5.78 Å². The molecule has 0 saturated heterocycles. The Kier molecular flexibility index (Phi) is 5.97. The summed E-state index contributed by atoms with van der Waals surface area (Å²) in [7, 11) is 0. The van der Waals surface area contributed by atoms with E-state index >= 15 is 0 Å². The van der Waals surface area contributed by atoms with Gasteiger partial charge in [-0.25, -0.2) is 0 Å². The van der Waals surface area contributed by atoms with Crippen LogP contribution in [0.2, 0.25) is 0 Å². The van der Waals surface area contributed by atoms with Crippen LogP contribution in [-0.4, -0.2) is 11.3 Å². The van der Waals surface area contributed by atoms with Gasteiger partial charge < -0.3 is 5.73 Å². The first-order valence-corrected chi connectivity index (χ1v) is 5.30. The van der Waals surface area contributed by atoms with Crippen molar-refractivity contribution in [3.05, 3.63) is 0 Å². The Balaban J connectivity index is 3.38. The first-order valence-electron chi connectivity index (χ1n) is 5.30. The molecular formula is C11H23NO. The van der Waals surface area contributed by atoms with Gasteiger partial charge in [0.15, 0.2) is 5.78 Å². The maximum absolute atomic E-state index is 11.4. The molecule has 2 N–H and O–H groups in total. The van der Waals surface area contributed by atoms with Crippen LogP contribution in [0.4, 0.5) is 0 Å². The van der Waals surface area contributed by atoms with E-state index in [1.54, 1.807) is 13.8 Å². The van der Waals surface area contributed by atoms with Crippen molar-refractivity contribution in [2.45, 2.75) is 64.8 Å². The molecule has 2 heteroatoms. The van der Waals surface area contributed by atoms with Gasteiger partial charge in [-0.05, 0) is 20.3 Å². The molecule has 0 aromatic heterocycles. The number of unbranched alkanes of at least 4 members (excludes halogenated alkanes) is 4. The maximum atomic E-state index is 11.4. The molecule has 2 nitrogen and oxygen atoms in total. The van der Waals surface area contributed by atoms with E-state index in [-0.39, 0.29) is 5.78 Å². The number of rotatable bonds is 7. The predicted octanol–water partition coefficient (Wildman–Crippen LogP) is 2.65. The fraction of sp³-hybridized carbons (Fsp3) is 0.909. The Labute approximate surface area is 81.9 Å². The Morgan fingerprint density at radius 1 is 1.15 bits per heavy atom. The van der Waals surface area contributed by atoms with Gasteiger partial charge in [0, 0.05) is 6.42 Å². The van der Waals surface area contributed by atoms with Gasteiger partial charge in [-0.2, -0.15) is 0 Å². The largest absolute Gasteiger partial charge is 0.319 e. The van der Waals surface area contributed by atoms with Crippen molar-refractivity contribution < 1.29 is 4.79 Å². The van der Waals surface area contributed by atoms with Crippen LogP contribution >= 0.6 is 0 Å². The quantitative estimate of drug-likeness (QED) is 0.620. The third kappa shape index (κ3) is 6.76. The topological polar surface area (TPSA) is 43.1 Å². The molecule has 0 spiro atoms. The van der Waals surface area contributed by atoms with E-state index in [0.717, 1.165) is 12.8 Å². The molecular weight excluding hydrogens is 162 g/mol. The summed E-state index contributed by atoms with van der Waals surface area (Å²) in [5.41, 5.74) is 5.04. The smallest absolute Gasteiger partial charge is 0.152 e. The predicted molar refractivity (Wildman–Crippen MR) is 56.6 cm³/mol.